The molecule has 0 saturated heterocycles. The first-order valence-electron chi connectivity index (χ1n) is 11.6. The van der Waals surface area contributed by atoms with Gasteiger partial charge in [-0.2, -0.15) is 0 Å². The van der Waals surface area contributed by atoms with E-state index in [2.05, 4.69) is 19.2 Å². The number of carboxylic acid groups (broad SMARTS) is 1. The lowest BCUT2D eigenvalue weighted by Crippen LogP contribution is -2.21. The van der Waals surface area contributed by atoms with Crippen LogP contribution in [0.2, 0.25) is 0 Å². The van der Waals surface area contributed by atoms with Crippen LogP contribution in [0.1, 0.15) is 129 Å². The van der Waals surface area contributed by atoms with Crippen LogP contribution >= 0.6 is 0 Å². The molecule has 0 fully saturated rings. The van der Waals surface area contributed by atoms with Gasteiger partial charge in [0.05, 0.1) is 0 Å². The molecule has 0 radical (unpaired) electrons. The molecule has 0 aromatic carbocycles. The normalized spacial score (nSPS) is 11.2. The van der Waals surface area contributed by atoms with Crippen LogP contribution in [-0.2, 0) is 0 Å². The Morgan fingerprint density at radius 2 is 0.923 bits per heavy atom. The second-order valence-electron chi connectivity index (χ2n) is 8.42. The van der Waals surface area contributed by atoms with Crippen molar-refractivity contribution in [2.45, 2.75) is 129 Å². The Balaban J connectivity index is 3.00. The SMILES string of the molecule is CC(C)CCCCCCCCCCCCCCCCCCCNC(=O)O. The molecular weight excluding hydrogens is 322 g/mol. The maximum Gasteiger partial charge on any atom is 0.404 e. The van der Waals surface area contributed by atoms with E-state index < -0.39 is 6.09 Å². The van der Waals surface area contributed by atoms with E-state index in [-0.39, 0.29) is 0 Å². The zero-order valence-corrected chi connectivity index (χ0v) is 17.9. The van der Waals surface area contributed by atoms with Gasteiger partial charge in [0, 0.05) is 6.54 Å². The van der Waals surface area contributed by atoms with Gasteiger partial charge in [-0.1, -0.05) is 123 Å². The van der Waals surface area contributed by atoms with Gasteiger partial charge in [-0.05, 0) is 12.3 Å². The molecule has 2 N–H and O–H groups in total. The average molecular weight is 370 g/mol. The summed E-state index contributed by atoms with van der Waals surface area (Å²) in [7, 11) is 0. The fourth-order valence-corrected chi connectivity index (χ4v) is 3.52. The molecule has 0 aliphatic rings. The van der Waals surface area contributed by atoms with Gasteiger partial charge in [-0.25, -0.2) is 4.79 Å². The molecule has 0 unspecified atom stereocenters. The summed E-state index contributed by atoms with van der Waals surface area (Å²) in [6, 6.07) is 0. The second kappa shape index (κ2) is 20.6. The molecule has 0 aromatic heterocycles. The van der Waals surface area contributed by atoms with Crippen LogP contribution in [0, 0.1) is 5.92 Å². The molecule has 0 spiro atoms. The molecular formula is C23H47NO2. The minimum absolute atomic E-state index is 0.605. The third-order valence-corrected chi connectivity index (χ3v) is 5.23. The van der Waals surface area contributed by atoms with Gasteiger partial charge < -0.3 is 10.4 Å². The average Bonchev–Trinajstić information content (AvgIpc) is 2.59. The summed E-state index contributed by atoms with van der Waals surface area (Å²) in [5.41, 5.74) is 0. The lowest BCUT2D eigenvalue weighted by Gasteiger charge is -2.05. The van der Waals surface area contributed by atoms with Gasteiger partial charge in [0.15, 0.2) is 0 Å². The molecule has 0 atom stereocenters. The van der Waals surface area contributed by atoms with Crippen LogP contribution in [-0.4, -0.2) is 17.7 Å². The largest absolute Gasteiger partial charge is 0.465 e. The number of unbranched alkanes of at least 4 members (excludes halogenated alkanes) is 16. The molecule has 0 bridgehead atoms. The maximum atomic E-state index is 10.3. The van der Waals surface area contributed by atoms with E-state index >= 15 is 0 Å². The van der Waals surface area contributed by atoms with Gasteiger partial charge in [0.25, 0.3) is 0 Å². The third-order valence-electron chi connectivity index (χ3n) is 5.23. The molecule has 0 rings (SSSR count). The smallest absolute Gasteiger partial charge is 0.404 e. The topological polar surface area (TPSA) is 49.3 Å². The standard InChI is InChI=1S/C23H47NO2/c1-22(2)20-18-16-14-12-10-8-6-4-3-5-7-9-11-13-15-17-19-21-24-23(25)26/h22,24H,3-21H2,1-2H3,(H,25,26). The molecule has 3 heteroatoms. The molecule has 156 valence electrons. The van der Waals surface area contributed by atoms with E-state index in [0.29, 0.717) is 6.54 Å². The lowest BCUT2D eigenvalue weighted by atomic mass is 10.0. The molecule has 0 saturated carbocycles. The number of carbonyl (C=O) groups is 1. The van der Waals surface area contributed by atoms with Crippen molar-refractivity contribution in [1.29, 1.82) is 0 Å². The van der Waals surface area contributed by atoms with Gasteiger partial charge in [-0.15, -0.1) is 0 Å². The monoisotopic (exact) mass is 369 g/mol. The Labute approximate surface area is 163 Å². The van der Waals surface area contributed by atoms with Gasteiger partial charge in [-0.3, -0.25) is 0 Å². The van der Waals surface area contributed by atoms with Gasteiger partial charge >= 0.3 is 6.09 Å². The van der Waals surface area contributed by atoms with Crippen LogP contribution in [0.5, 0.6) is 0 Å². The van der Waals surface area contributed by atoms with E-state index in [1.807, 2.05) is 0 Å². The lowest BCUT2D eigenvalue weighted by molar-refractivity contribution is 0.194. The van der Waals surface area contributed by atoms with E-state index in [0.717, 1.165) is 18.8 Å². The highest BCUT2D eigenvalue weighted by Crippen LogP contribution is 2.15. The summed E-state index contributed by atoms with van der Waals surface area (Å²) in [5.74, 6) is 0.878. The van der Waals surface area contributed by atoms with Crippen LogP contribution in [0.15, 0.2) is 0 Å². The molecule has 0 heterocycles. The number of amides is 1. The highest BCUT2D eigenvalue weighted by molar-refractivity contribution is 5.64. The molecule has 0 aliphatic heterocycles. The highest BCUT2D eigenvalue weighted by Gasteiger charge is 1.97. The van der Waals surface area contributed by atoms with Crippen molar-refractivity contribution in [2.75, 3.05) is 6.54 Å². The van der Waals surface area contributed by atoms with Crippen molar-refractivity contribution >= 4 is 6.09 Å². The molecule has 0 aliphatic carbocycles. The second-order valence-corrected chi connectivity index (χ2v) is 8.42. The van der Waals surface area contributed by atoms with Crippen LogP contribution in [0.3, 0.4) is 0 Å². The predicted molar refractivity (Wildman–Crippen MR) is 114 cm³/mol. The predicted octanol–water partition coefficient (Wildman–Crippen LogP) is 7.93. The zero-order chi connectivity index (χ0) is 19.3. The van der Waals surface area contributed by atoms with Crippen molar-refractivity contribution in [1.82, 2.24) is 5.32 Å². The van der Waals surface area contributed by atoms with Crippen LogP contribution in [0.25, 0.3) is 0 Å². The minimum atomic E-state index is -0.901. The highest BCUT2D eigenvalue weighted by atomic mass is 16.4. The summed E-state index contributed by atoms with van der Waals surface area (Å²) < 4.78 is 0. The first-order valence-corrected chi connectivity index (χ1v) is 11.6. The van der Waals surface area contributed by atoms with E-state index in [1.54, 1.807) is 0 Å². The summed E-state index contributed by atoms with van der Waals surface area (Å²) in [6.45, 7) is 5.25. The van der Waals surface area contributed by atoms with Crippen molar-refractivity contribution in [3.8, 4) is 0 Å². The van der Waals surface area contributed by atoms with Gasteiger partial charge in [0.2, 0.25) is 0 Å². The van der Waals surface area contributed by atoms with Crippen molar-refractivity contribution in [3.05, 3.63) is 0 Å². The van der Waals surface area contributed by atoms with E-state index in [1.165, 1.54) is 103 Å². The Morgan fingerprint density at radius 1 is 0.615 bits per heavy atom. The Kier molecular flexibility index (Phi) is 20.0. The summed E-state index contributed by atoms with van der Waals surface area (Å²) >= 11 is 0. The molecule has 26 heavy (non-hydrogen) atoms. The Hall–Kier alpha value is -0.730. The van der Waals surface area contributed by atoms with Crippen LogP contribution < -0.4 is 5.32 Å². The number of nitrogens with one attached hydrogen (secondary N) is 1. The maximum absolute atomic E-state index is 10.3. The Bertz CT molecular complexity index is 292. The first-order chi connectivity index (χ1) is 12.6. The molecule has 1 amide bonds. The third kappa shape index (κ3) is 23.3. The summed E-state index contributed by atoms with van der Waals surface area (Å²) in [5, 5.41) is 10.9. The van der Waals surface area contributed by atoms with Crippen molar-refractivity contribution in [2.24, 2.45) is 5.92 Å². The zero-order valence-electron chi connectivity index (χ0n) is 17.9. The molecule has 0 aromatic rings. The fourth-order valence-electron chi connectivity index (χ4n) is 3.52. The van der Waals surface area contributed by atoms with Gasteiger partial charge in [0.1, 0.15) is 0 Å². The Morgan fingerprint density at radius 3 is 1.23 bits per heavy atom. The fraction of sp³-hybridized carbons (Fsp3) is 0.957. The summed E-state index contributed by atoms with van der Waals surface area (Å²) in [4.78, 5) is 10.3. The van der Waals surface area contributed by atoms with E-state index in [9.17, 15) is 4.79 Å². The number of hydrogen-bond donors (Lipinski definition) is 2. The quantitative estimate of drug-likeness (QED) is 0.214. The number of hydrogen-bond acceptors (Lipinski definition) is 1. The molecule has 3 nitrogen and oxygen atoms in total. The first kappa shape index (κ1) is 25.3. The summed E-state index contributed by atoms with van der Waals surface area (Å²) in [6.07, 6.45) is 23.7. The van der Waals surface area contributed by atoms with Crippen LogP contribution in [0.4, 0.5) is 4.79 Å². The van der Waals surface area contributed by atoms with Crippen molar-refractivity contribution in [3.63, 3.8) is 0 Å². The van der Waals surface area contributed by atoms with Crippen molar-refractivity contribution < 1.29 is 9.90 Å². The number of rotatable bonds is 20. The van der Waals surface area contributed by atoms with E-state index in [4.69, 9.17) is 5.11 Å². The minimum Gasteiger partial charge on any atom is -0.465 e.